The predicted octanol–water partition coefficient (Wildman–Crippen LogP) is 4.98. The smallest absolute Gasteiger partial charge is 0.192 e. The van der Waals surface area contributed by atoms with Crippen LogP contribution in [-0.4, -0.2) is 37.9 Å². The van der Waals surface area contributed by atoms with Crippen LogP contribution < -0.4 is 4.74 Å². The topological polar surface area (TPSA) is 72.8 Å². The van der Waals surface area contributed by atoms with E-state index in [-0.39, 0.29) is 11.0 Å². The number of para-hydroxylation sites is 2. The molecule has 2 heterocycles. The Morgan fingerprint density at radius 2 is 2.00 bits per heavy atom. The van der Waals surface area contributed by atoms with Crippen LogP contribution in [0.3, 0.4) is 0 Å². The summed E-state index contributed by atoms with van der Waals surface area (Å²) in [7, 11) is 1.63. The maximum absolute atomic E-state index is 13.1. The molecule has 6 nitrogen and oxygen atoms in total. The minimum Gasteiger partial charge on any atom is -0.496 e. The number of thioether (sulfide) groups is 1. The van der Waals surface area contributed by atoms with Crippen LogP contribution in [0.15, 0.2) is 72.5 Å². The van der Waals surface area contributed by atoms with Gasteiger partial charge < -0.3 is 9.72 Å². The second kappa shape index (κ2) is 8.59. The Morgan fingerprint density at radius 1 is 1.23 bits per heavy atom. The number of aromatic amines is 1. The highest BCUT2D eigenvalue weighted by Gasteiger charge is 2.24. The lowest BCUT2D eigenvalue weighted by atomic mass is 10.1. The van der Waals surface area contributed by atoms with E-state index in [4.69, 9.17) is 4.74 Å². The standard InChI is InChI=1S/C23H22N4O2S/c1-4-13-27-22(17-10-6-8-12-20(17)29-3)25-26-23(27)30-15(2)21(28)18-14-24-19-11-7-5-9-16(18)19/h4-12,14-15,24H,1,13H2,2-3H3/t15-/m1/s1. The first-order valence-corrected chi connectivity index (χ1v) is 10.5. The second-order valence-corrected chi connectivity index (χ2v) is 8.09. The molecule has 0 aliphatic carbocycles. The zero-order valence-corrected chi connectivity index (χ0v) is 17.6. The Bertz CT molecular complexity index is 1210. The average molecular weight is 419 g/mol. The molecular formula is C23H22N4O2S. The van der Waals surface area contributed by atoms with E-state index in [0.29, 0.717) is 23.1 Å². The first kappa shape index (κ1) is 20.0. The molecular weight excluding hydrogens is 396 g/mol. The predicted molar refractivity (Wildman–Crippen MR) is 120 cm³/mol. The van der Waals surface area contributed by atoms with Gasteiger partial charge in [-0.25, -0.2) is 0 Å². The summed E-state index contributed by atoms with van der Waals surface area (Å²) in [6.45, 7) is 6.27. The van der Waals surface area contributed by atoms with Gasteiger partial charge >= 0.3 is 0 Å². The number of aromatic nitrogens is 4. The first-order valence-electron chi connectivity index (χ1n) is 9.58. The molecule has 1 atom stereocenters. The van der Waals surface area contributed by atoms with Crippen molar-refractivity contribution in [3.8, 4) is 17.1 Å². The van der Waals surface area contributed by atoms with Crippen LogP contribution in [0.5, 0.6) is 5.75 Å². The molecule has 1 N–H and O–H groups in total. The van der Waals surface area contributed by atoms with Crippen molar-refractivity contribution in [2.75, 3.05) is 7.11 Å². The molecule has 0 unspecified atom stereocenters. The Hall–Kier alpha value is -3.32. The van der Waals surface area contributed by atoms with Crippen molar-refractivity contribution in [1.82, 2.24) is 19.7 Å². The third kappa shape index (κ3) is 3.64. The zero-order chi connectivity index (χ0) is 21.1. The normalized spacial score (nSPS) is 12.1. The summed E-state index contributed by atoms with van der Waals surface area (Å²) < 4.78 is 7.43. The summed E-state index contributed by atoms with van der Waals surface area (Å²) in [4.78, 5) is 16.3. The van der Waals surface area contributed by atoms with Crippen molar-refractivity contribution in [2.45, 2.75) is 23.9 Å². The number of hydrogen-bond donors (Lipinski definition) is 1. The number of methoxy groups -OCH3 is 1. The van der Waals surface area contributed by atoms with Crippen molar-refractivity contribution >= 4 is 28.4 Å². The second-order valence-electron chi connectivity index (χ2n) is 6.78. The van der Waals surface area contributed by atoms with Crippen LogP contribution in [0, 0.1) is 0 Å². The van der Waals surface area contributed by atoms with E-state index in [1.54, 1.807) is 19.4 Å². The van der Waals surface area contributed by atoms with E-state index >= 15 is 0 Å². The lowest BCUT2D eigenvalue weighted by molar-refractivity contribution is 0.0995. The average Bonchev–Trinajstić information content (AvgIpc) is 3.38. The number of fused-ring (bicyclic) bond motifs is 1. The molecule has 0 fully saturated rings. The molecule has 0 bridgehead atoms. The highest BCUT2D eigenvalue weighted by Crippen LogP contribution is 2.33. The summed E-state index contributed by atoms with van der Waals surface area (Å²) in [5, 5.41) is 10.0. The summed E-state index contributed by atoms with van der Waals surface area (Å²) >= 11 is 1.39. The van der Waals surface area contributed by atoms with E-state index in [0.717, 1.165) is 22.2 Å². The van der Waals surface area contributed by atoms with Crippen LogP contribution in [0.1, 0.15) is 17.3 Å². The molecule has 30 heavy (non-hydrogen) atoms. The molecule has 0 saturated heterocycles. The number of H-pyrrole nitrogens is 1. The Morgan fingerprint density at radius 3 is 2.80 bits per heavy atom. The molecule has 4 rings (SSSR count). The monoisotopic (exact) mass is 418 g/mol. The fourth-order valence-corrected chi connectivity index (χ4v) is 4.33. The molecule has 0 spiro atoms. The van der Waals surface area contributed by atoms with Crippen LogP contribution in [0.2, 0.25) is 0 Å². The van der Waals surface area contributed by atoms with Gasteiger partial charge in [0.2, 0.25) is 0 Å². The van der Waals surface area contributed by atoms with Crippen molar-refractivity contribution in [2.24, 2.45) is 0 Å². The van der Waals surface area contributed by atoms with E-state index < -0.39 is 0 Å². The van der Waals surface area contributed by atoms with Crippen LogP contribution in [-0.2, 0) is 6.54 Å². The van der Waals surface area contributed by atoms with Crippen molar-refractivity contribution in [3.63, 3.8) is 0 Å². The Balaban J connectivity index is 1.65. The number of ether oxygens (including phenoxy) is 1. The van der Waals surface area contributed by atoms with Gasteiger partial charge in [-0.1, -0.05) is 48.2 Å². The van der Waals surface area contributed by atoms with E-state index in [1.165, 1.54) is 11.8 Å². The number of carbonyl (C=O) groups is 1. The van der Waals surface area contributed by atoms with Crippen molar-refractivity contribution in [3.05, 3.63) is 72.9 Å². The summed E-state index contributed by atoms with van der Waals surface area (Å²) in [5.74, 6) is 1.45. The van der Waals surface area contributed by atoms with Gasteiger partial charge in [-0.05, 0) is 25.1 Å². The maximum Gasteiger partial charge on any atom is 0.192 e. The quantitative estimate of drug-likeness (QED) is 0.248. The van der Waals surface area contributed by atoms with Crippen molar-refractivity contribution < 1.29 is 9.53 Å². The molecule has 0 radical (unpaired) electrons. The molecule has 0 saturated carbocycles. The number of benzene rings is 2. The minimum absolute atomic E-state index is 0.0458. The van der Waals surface area contributed by atoms with E-state index in [1.807, 2.05) is 60.0 Å². The highest BCUT2D eigenvalue weighted by molar-refractivity contribution is 8.00. The number of rotatable bonds is 8. The molecule has 0 aliphatic heterocycles. The van der Waals surface area contributed by atoms with Gasteiger partial charge in [0.05, 0.1) is 17.9 Å². The van der Waals surface area contributed by atoms with Crippen molar-refractivity contribution in [1.29, 1.82) is 0 Å². The molecule has 7 heteroatoms. The van der Waals surface area contributed by atoms with Gasteiger partial charge in [0.25, 0.3) is 0 Å². The van der Waals surface area contributed by atoms with Gasteiger partial charge in [-0.2, -0.15) is 0 Å². The molecule has 4 aromatic rings. The number of nitrogens with one attached hydrogen (secondary N) is 1. The van der Waals surface area contributed by atoms with Crippen LogP contribution >= 0.6 is 11.8 Å². The SMILES string of the molecule is C=CCn1c(S[C@H](C)C(=O)c2c[nH]c3ccccc23)nnc1-c1ccccc1OC. The lowest BCUT2D eigenvalue weighted by Crippen LogP contribution is -2.14. The van der Waals surface area contributed by atoms with Crippen LogP contribution in [0.25, 0.3) is 22.3 Å². The van der Waals surface area contributed by atoms with Gasteiger partial charge in [0, 0.05) is 29.2 Å². The third-order valence-corrected chi connectivity index (χ3v) is 5.96. The van der Waals surface area contributed by atoms with Gasteiger partial charge in [-0.15, -0.1) is 16.8 Å². The Labute approximate surface area is 179 Å². The minimum atomic E-state index is -0.331. The summed E-state index contributed by atoms with van der Waals surface area (Å²) in [6, 6.07) is 15.5. The number of ketones is 1. The number of hydrogen-bond acceptors (Lipinski definition) is 5. The fraction of sp³-hybridized carbons (Fsp3) is 0.174. The van der Waals surface area contributed by atoms with Crippen LogP contribution in [0.4, 0.5) is 0 Å². The number of allylic oxidation sites excluding steroid dienone is 1. The summed E-state index contributed by atoms with van der Waals surface area (Å²) in [6.07, 6.45) is 3.57. The fourth-order valence-electron chi connectivity index (χ4n) is 3.40. The zero-order valence-electron chi connectivity index (χ0n) is 16.8. The largest absolute Gasteiger partial charge is 0.496 e. The first-order chi connectivity index (χ1) is 14.6. The van der Waals surface area contributed by atoms with E-state index in [2.05, 4.69) is 21.8 Å². The lowest BCUT2D eigenvalue weighted by Gasteiger charge is -2.12. The molecule has 152 valence electrons. The molecule has 0 aliphatic rings. The van der Waals surface area contributed by atoms with Gasteiger partial charge in [0.15, 0.2) is 16.8 Å². The maximum atomic E-state index is 13.1. The summed E-state index contributed by atoms with van der Waals surface area (Å²) in [5.41, 5.74) is 2.48. The number of carbonyl (C=O) groups excluding carboxylic acids is 1. The van der Waals surface area contributed by atoms with E-state index in [9.17, 15) is 4.79 Å². The molecule has 0 amide bonds. The number of nitrogens with zero attached hydrogens (tertiary/aromatic N) is 3. The van der Waals surface area contributed by atoms with Gasteiger partial charge in [0.1, 0.15) is 5.75 Å². The molecule has 2 aromatic heterocycles. The van der Waals surface area contributed by atoms with Gasteiger partial charge in [-0.3, -0.25) is 9.36 Å². The number of Topliss-reactive ketones (excluding diaryl/α,β-unsaturated/α-hetero) is 1. The Kier molecular flexibility index (Phi) is 5.72. The molecule has 2 aromatic carbocycles. The highest BCUT2D eigenvalue weighted by atomic mass is 32.2. The third-order valence-electron chi connectivity index (χ3n) is 4.88.